The molecule has 0 N–H and O–H groups in total. The molecule has 2 aliphatic rings. The Labute approximate surface area is 174 Å². The van der Waals surface area contributed by atoms with Crippen molar-refractivity contribution in [2.75, 3.05) is 0 Å². The van der Waals surface area contributed by atoms with Crippen LogP contribution in [-0.4, -0.2) is 11.8 Å². The Morgan fingerprint density at radius 2 is 1.66 bits per heavy atom. The minimum atomic E-state index is -0.199. The Morgan fingerprint density at radius 1 is 0.897 bits per heavy atom. The van der Waals surface area contributed by atoms with Crippen molar-refractivity contribution < 1.29 is 14.3 Å². The Kier molecular flexibility index (Phi) is 5.59. The first-order valence-electron chi connectivity index (χ1n) is 9.43. The van der Waals surface area contributed by atoms with Gasteiger partial charge in [-0.1, -0.05) is 72.3 Å². The molecule has 1 heterocycles. The van der Waals surface area contributed by atoms with Gasteiger partial charge in [-0.15, -0.1) is 0 Å². The number of halogens is 1. The van der Waals surface area contributed by atoms with Crippen LogP contribution in [0.2, 0.25) is 5.02 Å². The number of carbonyl (C=O) groups is 2. The standard InChI is InChI=1S/C17H13ClO.C8H6O2/c18-15-9-8-12-6-7-14(16(12)11-15)10-17(19)13-4-2-1-3-5-13;9-8-7-4-2-1-3-6(7)5-10-8/h1-5,7-9,11H,6,10H2;1-4H,5H2. The van der Waals surface area contributed by atoms with Crippen LogP contribution in [0, 0.1) is 0 Å². The van der Waals surface area contributed by atoms with Gasteiger partial charge in [-0.2, -0.15) is 0 Å². The maximum absolute atomic E-state index is 12.2. The third kappa shape index (κ3) is 4.30. The number of benzene rings is 3. The van der Waals surface area contributed by atoms with Gasteiger partial charge in [0.2, 0.25) is 0 Å². The third-order valence-electron chi connectivity index (χ3n) is 5.03. The van der Waals surface area contributed by atoms with Crippen molar-refractivity contribution in [1.29, 1.82) is 0 Å². The second-order valence-corrected chi connectivity index (χ2v) is 7.37. The van der Waals surface area contributed by atoms with Gasteiger partial charge >= 0.3 is 5.97 Å². The lowest BCUT2D eigenvalue weighted by atomic mass is 9.98. The van der Waals surface area contributed by atoms with E-state index in [0.717, 1.165) is 33.7 Å². The van der Waals surface area contributed by atoms with Gasteiger partial charge in [-0.05, 0) is 41.3 Å². The van der Waals surface area contributed by atoms with Crippen molar-refractivity contribution in [2.24, 2.45) is 0 Å². The monoisotopic (exact) mass is 402 g/mol. The lowest BCUT2D eigenvalue weighted by Gasteiger charge is -2.06. The number of rotatable bonds is 3. The summed E-state index contributed by atoms with van der Waals surface area (Å²) in [5, 5.41) is 0.721. The van der Waals surface area contributed by atoms with E-state index in [-0.39, 0.29) is 11.8 Å². The summed E-state index contributed by atoms with van der Waals surface area (Å²) in [6, 6.07) is 22.7. The van der Waals surface area contributed by atoms with Gasteiger partial charge in [0.15, 0.2) is 5.78 Å². The van der Waals surface area contributed by atoms with Crippen molar-refractivity contribution in [1.82, 2.24) is 0 Å². The first-order chi connectivity index (χ1) is 14.1. The summed E-state index contributed by atoms with van der Waals surface area (Å²) in [5.74, 6) is -0.0460. The molecule has 1 aliphatic carbocycles. The first kappa shape index (κ1) is 19.2. The van der Waals surface area contributed by atoms with Gasteiger partial charge in [0.05, 0.1) is 5.56 Å². The number of hydrogen-bond acceptors (Lipinski definition) is 3. The van der Waals surface area contributed by atoms with E-state index < -0.39 is 0 Å². The highest BCUT2D eigenvalue weighted by atomic mass is 35.5. The minimum absolute atomic E-state index is 0.152. The van der Waals surface area contributed by atoms with Gasteiger partial charge in [-0.25, -0.2) is 4.79 Å². The predicted octanol–water partition coefficient (Wildman–Crippen LogP) is 5.91. The summed E-state index contributed by atoms with van der Waals surface area (Å²) in [7, 11) is 0. The molecular formula is C25H19ClO3. The topological polar surface area (TPSA) is 43.4 Å². The van der Waals surface area contributed by atoms with E-state index in [2.05, 4.69) is 6.08 Å². The van der Waals surface area contributed by atoms with Crippen LogP contribution in [0.3, 0.4) is 0 Å². The zero-order chi connectivity index (χ0) is 20.2. The largest absolute Gasteiger partial charge is 0.457 e. The van der Waals surface area contributed by atoms with Crippen molar-refractivity contribution in [3.63, 3.8) is 0 Å². The molecule has 0 saturated carbocycles. The first-order valence-corrected chi connectivity index (χ1v) is 9.81. The average Bonchev–Trinajstić information content (AvgIpc) is 3.33. The summed E-state index contributed by atoms with van der Waals surface area (Å²) in [5.41, 5.74) is 5.93. The number of ether oxygens (including phenoxy) is 1. The molecule has 0 saturated heterocycles. The number of hydrogen-bond donors (Lipinski definition) is 0. The number of Topliss-reactive ketones (excluding diaryl/α,β-unsaturated/α-hetero) is 1. The molecule has 0 spiro atoms. The molecule has 0 unspecified atom stereocenters. The number of fused-ring (bicyclic) bond motifs is 2. The van der Waals surface area contributed by atoms with E-state index in [1.54, 1.807) is 6.07 Å². The molecule has 3 aromatic carbocycles. The highest BCUT2D eigenvalue weighted by Crippen LogP contribution is 2.32. The zero-order valence-corrected chi connectivity index (χ0v) is 16.5. The normalized spacial score (nSPS) is 13.6. The molecule has 3 aromatic rings. The maximum Gasteiger partial charge on any atom is 0.338 e. The highest BCUT2D eigenvalue weighted by Gasteiger charge is 2.19. The van der Waals surface area contributed by atoms with E-state index in [1.165, 1.54) is 5.56 Å². The SMILES string of the molecule is O=C(CC1=CCc2ccc(Cl)cc21)c1ccccc1.O=C1OCc2ccccc21. The summed E-state index contributed by atoms with van der Waals surface area (Å²) >= 11 is 6.03. The molecule has 0 aromatic heterocycles. The molecule has 0 radical (unpaired) electrons. The van der Waals surface area contributed by atoms with Crippen molar-refractivity contribution >= 4 is 28.9 Å². The van der Waals surface area contributed by atoms with Crippen molar-refractivity contribution in [3.8, 4) is 0 Å². The summed E-state index contributed by atoms with van der Waals surface area (Å²) in [6.07, 6.45) is 3.46. The molecule has 0 fully saturated rings. The van der Waals surface area contributed by atoms with Crippen LogP contribution in [0.25, 0.3) is 5.57 Å². The van der Waals surface area contributed by atoms with Crippen LogP contribution in [0.5, 0.6) is 0 Å². The second-order valence-electron chi connectivity index (χ2n) is 6.93. The molecule has 29 heavy (non-hydrogen) atoms. The summed E-state index contributed by atoms with van der Waals surface area (Å²) in [6.45, 7) is 0.439. The number of ketones is 1. The van der Waals surface area contributed by atoms with Gasteiger partial charge in [0.1, 0.15) is 6.61 Å². The van der Waals surface area contributed by atoms with Gasteiger partial charge in [0.25, 0.3) is 0 Å². The van der Waals surface area contributed by atoms with Gasteiger partial charge in [0, 0.05) is 22.6 Å². The van der Waals surface area contributed by atoms with Crippen LogP contribution in [0.15, 0.2) is 78.9 Å². The van der Waals surface area contributed by atoms with Crippen LogP contribution in [0.1, 0.15) is 43.8 Å². The Hall–Kier alpha value is -3.17. The van der Waals surface area contributed by atoms with E-state index >= 15 is 0 Å². The zero-order valence-electron chi connectivity index (χ0n) is 15.7. The van der Waals surface area contributed by atoms with Gasteiger partial charge < -0.3 is 4.74 Å². The fourth-order valence-electron chi connectivity index (χ4n) is 3.50. The smallest absolute Gasteiger partial charge is 0.338 e. The minimum Gasteiger partial charge on any atom is -0.457 e. The fourth-order valence-corrected chi connectivity index (χ4v) is 3.67. The van der Waals surface area contributed by atoms with E-state index in [1.807, 2.05) is 66.7 Å². The number of cyclic esters (lactones) is 1. The Bertz CT molecular complexity index is 1100. The molecule has 5 rings (SSSR count). The molecule has 144 valence electrons. The lowest BCUT2D eigenvalue weighted by Crippen LogP contribution is -1.99. The molecule has 0 amide bonds. The van der Waals surface area contributed by atoms with E-state index in [4.69, 9.17) is 16.3 Å². The van der Waals surface area contributed by atoms with Crippen LogP contribution in [0.4, 0.5) is 0 Å². The summed E-state index contributed by atoms with van der Waals surface area (Å²) in [4.78, 5) is 23.1. The summed E-state index contributed by atoms with van der Waals surface area (Å²) < 4.78 is 4.78. The Morgan fingerprint density at radius 3 is 2.45 bits per heavy atom. The van der Waals surface area contributed by atoms with Crippen LogP contribution >= 0.6 is 11.6 Å². The van der Waals surface area contributed by atoms with Gasteiger partial charge in [-0.3, -0.25) is 4.79 Å². The Balaban J connectivity index is 0.000000171. The quantitative estimate of drug-likeness (QED) is 0.404. The van der Waals surface area contributed by atoms with Crippen LogP contribution in [-0.2, 0) is 17.8 Å². The van der Waals surface area contributed by atoms with E-state index in [0.29, 0.717) is 18.6 Å². The maximum atomic E-state index is 12.2. The number of carbonyl (C=O) groups excluding carboxylic acids is 2. The number of allylic oxidation sites excluding steroid dienone is 2. The molecule has 3 nitrogen and oxygen atoms in total. The predicted molar refractivity (Wildman–Crippen MR) is 114 cm³/mol. The molecule has 4 heteroatoms. The molecular weight excluding hydrogens is 384 g/mol. The third-order valence-corrected chi connectivity index (χ3v) is 5.26. The second kappa shape index (κ2) is 8.46. The highest BCUT2D eigenvalue weighted by molar-refractivity contribution is 6.30. The fraction of sp³-hybridized carbons (Fsp3) is 0.120. The number of esters is 1. The molecule has 0 atom stereocenters. The lowest BCUT2D eigenvalue weighted by molar-refractivity contribution is 0.0535. The van der Waals surface area contributed by atoms with Crippen LogP contribution < -0.4 is 0 Å². The van der Waals surface area contributed by atoms with Crippen molar-refractivity contribution in [3.05, 3.63) is 112 Å². The average molecular weight is 403 g/mol. The molecule has 0 bridgehead atoms. The van der Waals surface area contributed by atoms with E-state index in [9.17, 15) is 9.59 Å². The van der Waals surface area contributed by atoms with Crippen molar-refractivity contribution in [2.45, 2.75) is 19.4 Å². The molecule has 1 aliphatic heterocycles.